The van der Waals surface area contributed by atoms with Gasteiger partial charge in [-0.15, -0.1) is 10.3 Å². The normalized spacial score (nSPS) is 22.3. The van der Waals surface area contributed by atoms with E-state index in [-0.39, 0.29) is 28.2 Å². The fourth-order valence-electron chi connectivity index (χ4n) is 2.29. The topological polar surface area (TPSA) is 81.7 Å². The van der Waals surface area contributed by atoms with Crippen LogP contribution in [0, 0.1) is 6.92 Å². The second-order valence-corrected chi connectivity index (χ2v) is 13.4. The van der Waals surface area contributed by atoms with Gasteiger partial charge in [0, 0.05) is 11.2 Å². The number of rotatable bonds is 6. The number of carbonyl (C=O) groups excluding carboxylic acids is 1. The van der Waals surface area contributed by atoms with Crippen molar-refractivity contribution in [1.29, 1.82) is 0 Å². The van der Waals surface area contributed by atoms with Gasteiger partial charge in [0.15, 0.2) is 6.10 Å². The van der Waals surface area contributed by atoms with Gasteiger partial charge in [0.2, 0.25) is 0 Å². The molecule has 6 nitrogen and oxygen atoms in total. The highest BCUT2D eigenvalue weighted by Gasteiger charge is 2.39. The van der Waals surface area contributed by atoms with E-state index in [2.05, 4.69) is 26.1 Å². The summed E-state index contributed by atoms with van der Waals surface area (Å²) in [6.07, 6.45) is 3.89. The molecule has 1 heterocycles. The molecule has 0 spiro atoms. The third-order valence-electron chi connectivity index (χ3n) is 4.70. The molecule has 26 heavy (non-hydrogen) atoms. The van der Waals surface area contributed by atoms with Crippen LogP contribution in [0.4, 0.5) is 0 Å². The Labute approximate surface area is 158 Å². The highest BCUT2D eigenvalue weighted by molar-refractivity contribution is 8.29. The molecule has 0 aromatic heterocycles. The van der Waals surface area contributed by atoms with Crippen LogP contribution < -0.4 is 5.32 Å². The molecular weight excluding hydrogens is 374 g/mol. The van der Waals surface area contributed by atoms with E-state index in [1.54, 1.807) is 12.1 Å². The largest absolute Gasteiger partial charge is 0.349 e. The van der Waals surface area contributed by atoms with Crippen molar-refractivity contribution in [2.75, 3.05) is 19.1 Å². The Bertz CT molecular complexity index is 751. The molecule has 0 radical (unpaired) electrons. The third-order valence-corrected chi connectivity index (χ3v) is 9.66. The van der Waals surface area contributed by atoms with Crippen LogP contribution in [0.1, 0.15) is 32.8 Å². The van der Waals surface area contributed by atoms with Gasteiger partial charge in [-0.2, -0.15) is 8.42 Å². The highest BCUT2D eigenvalue weighted by Crippen LogP contribution is 2.55. The molecule has 1 saturated heterocycles. The molecule has 1 aliphatic rings. The van der Waals surface area contributed by atoms with E-state index in [4.69, 9.17) is 8.37 Å². The van der Waals surface area contributed by atoms with Crippen molar-refractivity contribution in [3.05, 3.63) is 29.8 Å². The lowest BCUT2D eigenvalue weighted by molar-refractivity contribution is -0.124. The SMILES string of the molecule is Cc1ccc(S(=O)(=O)OCC2CC(OS(C)(C)C(C)(C)C)C(=O)N2)cc1. The first-order valence-electron chi connectivity index (χ1n) is 8.49. The Hall–Kier alpha value is -1.09. The van der Waals surface area contributed by atoms with Crippen molar-refractivity contribution in [2.45, 2.75) is 55.9 Å². The maximum absolute atomic E-state index is 12.3. The second kappa shape index (κ2) is 7.50. The Morgan fingerprint density at radius 1 is 1.15 bits per heavy atom. The second-order valence-electron chi connectivity index (χ2n) is 7.92. The van der Waals surface area contributed by atoms with Crippen molar-refractivity contribution in [2.24, 2.45) is 0 Å². The van der Waals surface area contributed by atoms with Crippen LogP contribution in [-0.2, 0) is 23.3 Å². The monoisotopic (exact) mass is 403 g/mol. The summed E-state index contributed by atoms with van der Waals surface area (Å²) in [5.41, 5.74) is 0.968. The van der Waals surface area contributed by atoms with Crippen molar-refractivity contribution in [1.82, 2.24) is 5.32 Å². The van der Waals surface area contributed by atoms with E-state index in [0.717, 1.165) is 5.56 Å². The molecule has 1 aliphatic heterocycles. The van der Waals surface area contributed by atoms with Crippen LogP contribution in [0.5, 0.6) is 0 Å². The molecule has 1 N–H and O–H groups in total. The Kier molecular flexibility index (Phi) is 6.12. The van der Waals surface area contributed by atoms with Crippen molar-refractivity contribution in [3.63, 3.8) is 0 Å². The minimum Gasteiger partial charge on any atom is -0.349 e. The molecule has 2 unspecified atom stereocenters. The molecule has 0 aliphatic carbocycles. The number of hydrogen-bond acceptors (Lipinski definition) is 5. The average molecular weight is 404 g/mol. The smallest absolute Gasteiger partial charge is 0.297 e. The Morgan fingerprint density at radius 3 is 2.27 bits per heavy atom. The van der Waals surface area contributed by atoms with Crippen LogP contribution in [0.25, 0.3) is 0 Å². The fourth-order valence-corrected chi connectivity index (χ4v) is 4.27. The number of aryl methyl sites for hydroxylation is 1. The van der Waals surface area contributed by atoms with Gasteiger partial charge >= 0.3 is 0 Å². The molecule has 1 aromatic carbocycles. The van der Waals surface area contributed by atoms with Gasteiger partial charge < -0.3 is 9.50 Å². The molecule has 2 atom stereocenters. The lowest BCUT2D eigenvalue weighted by Gasteiger charge is -2.44. The summed E-state index contributed by atoms with van der Waals surface area (Å²) in [4.78, 5) is 12.3. The quantitative estimate of drug-likeness (QED) is 0.739. The minimum atomic E-state index is -3.84. The van der Waals surface area contributed by atoms with Gasteiger partial charge in [-0.25, -0.2) is 0 Å². The number of carbonyl (C=O) groups is 1. The Balaban J connectivity index is 1.96. The highest BCUT2D eigenvalue weighted by atomic mass is 32.3. The molecule has 0 bridgehead atoms. The van der Waals surface area contributed by atoms with Crippen molar-refractivity contribution in [3.8, 4) is 0 Å². The van der Waals surface area contributed by atoms with E-state index in [9.17, 15) is 13.2 Å². The molecule has 2 rings (SSSR count). The number of benzene rings is 1. The predicted molar refractivity (Wildman–Crippen MR) is 105 cm³/mol. The summed E-state index contributed by atoms with van der Waals surface area (Å²) in [6.45, 7) is 8.04. The number of hydrogen-bond donors (Lipinski definition) is 1. The van der Waals surface area contributed by atoms with Crippen LogP contribution in [0.15, 0.2) is 29.2 Å². The average Bonchev–Trinajstić information content (AvgIpc) is 2.84. The van der Waals surface area contributed by atoms with Crippen LogP contribution >= 0.6 is 10.3 Å². The maximum Gasteiger partial charge on any atom is 0.297 e. The van der Waals surface area contributed by atoms with E-state index < -0.39 is 26.5 Å². The van der Waals surface area contributed by atoms with Crippen molar-refractivity contribution >= 4 is 26.3 Å². The summed E-state index contributed by atoms with van der Waals surface area (Å²) in [7, 11) is -5.29. The molecule has 1 aromatic rings. The van der Waals surface area contributed by atoms with Gasteiger partial charge in [0.25, 0.3) is 16.0 Å². The van der Waals surface area contributed by atoms with E-state index >= 15 is 0 Å². The van der Waals surface area contributed by atoms with Crippen LogP contribution in [0.3, 0.4) is 0 Å². The van der Waals surface area contributed by atoms with Crippen LogP contribution in [-0.4, -0.2) is 50.3 Å². The molecule has 148 valence electrons. The van der Waals surface area contributed by atoms with Gasteiger partial charge in [-0.1, -0.05) is 38.5 Å². The maximum atomic E-state index is 12.3. The van der Waals surface area contributed by atoms with Gasteiger partial charge in [0.1, 0.15) is 0 Å². The van der Waals surface area contributed by atoms with E-state index in [0.29, 0.717) is 6.42 Å². The lowest BCUT2D eigenvalue weighted by atomic mass is 10.2. The predicted octanol–water partition coefficient (Wildman–Crippen LogP) is 2.75. The Morgan fingerprint density at radius 2 is 1.73 bits per heavy atom. The van der Waals surface area contributed by atoms with E-state index in [1.807, 2.05) is 19.4 Å². The first-order valence-corrected chi connectivity index (χ1v) is 12.3. The summed E-state index contributed by atoms with van der Waals surface area (Å²) < 4.78 is 35.7. The zero-order valence-corrected chi connectivity index (χ0v) is 17.9. The van der Waals surface area contributed by atoms with E-state index in [1.165, 1.54) is 12.1 Å². The summed E-state index contributed by atoms with van der Waals surface area (Å²) in [6, 6.07) is 6.07. The third kappa shape index (κ3) is 5.00. The van der Waals surface area contributed by atoms with Crippen LogP contribution in [0.2, 0.25) is 0 Å². The number of nitrogens with one attached hydrogen (secondary N) is 1. The molecule has 8 heteroatoms. The number of amides is 1. The first-order chi connectivity index (χ1) is 11.8. The fraction of sp³-hybridized carbons (Fsp3) is 0.611. The molecule has 1 amide bonds. The summed E-state index contributed by atoms with van der Waals surface area (Å²) in [5, 5.41) is 2.77. The first kappa shape index (κ1) is 21.2. The molecule has 1 fully saturated rings. The standard InChI is InChI=1S/C18H29NO5S2/c1-13-7-9-15(10-8-13)26(21,22)23-12-14-11-16(17(20)19-14)24-25(5,6)18(2,3)4/h7-10,14,16H,11-12H2,1-6H3,(H,19,20). The van der Waals surface area contributed by atoms with Gasteiger partial charge in [0.05, 0.1) is 17.5 Å². The van der Waals surface area contributed by atoms with Gasteiger partial charge in [-0.05, 0) is 31.6 Å². The summed E-state index contributed by atoms with van der Waals surface area (Å²) in [5.74, 6) is -0.212. The van der Waals surface area contributed by atoms with Gasteiger partial charge in [-0.3, -0.25) is 8.98 Å². The zero-order chi connectivity index (χ0) is 19.8. The lowest BCUT2D eigenvalue weighted by Crippen LogP contribution is -2.33. The van der Waals surface area contributed by atoms with Crippen molar-refractivity contribution < 1.29 is 21.6 Å². The zero-order valence-electron chi connectivity index (χ0n) is 16.2. The molecule has 0 saturated carbocycles. The molecular formula is C18H29NO5S2. The minimum absolute atomic E-state index is 0.0589. The summed E-state index contributed by atoms with van der Waals surface area (Å²) >= 11 is 0.